The number of hydrogen-bond donors (Lipinski definition) is 0. The summed E-state index contributed by atoms with van der Waals surface area (Å²) in [5.74, 6) is 0.130. The van der Waals surface area contributed by atoms with Gasteiger partial charge in [0, 0.05) is 0 Å². The summed E-state index contributed by atoms with van der Waals surface area (Å²) in [4.78, 5) is 15.2. The number of likely N-dealkylation sites (N-methyl/N-ethyl adjacent to an activating group) is 1. The number of halogens is 1. The molecule has 1 aromatic heterocycles. The minimum absolute atomic E-state index is 0.130. The van der Waals surface area contributed by atoms with Crippen LogP contribution in [0.2, 0.25) is 4.34 Å². The molecule has 0 fully saturated rings. The molecule has 0 amide bonds. The Bertz CT molecular complexity index is 550. The molecule has 2 nitrogen and oxygen atoms in total. The molecule has 19 heavy (non-hydrogen) atoms. The van der Waals surface area contributed by atoms with Crippen LogP contribution in [0.5, 0.6) is 0 Å². The Morgan fingerprint density at radius 1 is 1.21 bits per heavy atom. The number of ketones is 1. The zero-order chi connectivity index (χ0) is 13.8. The summed E-state index contributed by atoms with van der Waals surface area (Å²) in [6.07, 6.45) is 0.711. The van der Waals surface area contributed by atoms with E-state index in [9.17, 15) is 4.79 Å². The van der Waals surface area contributed by atoms with Gasteiger partial charge in [-0.25, -0.2) is 0 Å². The molecular formula is C15H16ClNOS. The van der Waals surface area contributed by atoms with Crippen LogP contribution in [0.25, 0.3) is 0 Å². The number of thiophene rings is 1. The number of benzene rings is 1. The lowest BCUT2D eigenvalue weighted by atomic mass is 10.0. The predicted octanol–water partition coefficient (Wildman–Crippen LogP) is 3.76. The monoisotopic (exact) mass is 293 g/mol. The maximum absolute atomic E-state index is 12.5. The first-order chi connectivity index (χ1) is 9.08. The minimum atomic E-state index is -0.155. The zero-order valence-corrected chi connectivity index (χ0v) is 12.5. The van der Waals surface area contributed by atoms with Crippen LogP contribution in [-0.4, -0.2) is 30.8 Å². The van der Waals surface area contributed by atoms with Gasteiger partial charge in [-0.3, -0.25) is 9.69 Å². The van der Waals surface area contributed by atoms with Gasteiger partial charge in [0.2, 0.25) is 0 Å². The maximum Gasteiger partial charge on any atom is 0.190 e. The Hall–Kier alpha value is -1.16. The van der Waals surface area contributed by atoms with Crippen LogP contribution in [0.1, 0.15) is 15.2 Å². The zero-order valence-electron chi connectivity index (χ0n) is 11.0. The molecule has 2 rings (SSSR count). The molecule has 0 saturated carbocycles. The van der Waals surface area contributed by atoms with Gasteiger partial charge in [-0.05, 0) is 38.2 Å². The highest BCUT2D eigenvalue weighted by Gasteiger charge is 2.23. The Kier molecular flexibility index (Phi) is 4.75. The Morgan fingerprint density at radius 3 is 2.42 bits per heavy atom. The average Bonchev–Trinajstić information content (AvgIpc) is 2.83. The molecule has 2 aromatic rings. The van der Waals surface area contributed by atoms with Crippen molar-refractivity contribution in [3.63, 3.8) is 0 Å². The van der Waals surface area contributed by atoms with Crippen molar-refractivity contribution in [3.8, 4) is 0 Å². The molecule has 0 spiro atoms. The largest absolute Gasteiger partial charge is 0.299 e. The number of nitrogens with zero attached hydrogens (tertiary/aromatic N) is 1. The first-order valence-corrected chi connectivity index (χ1v) is 7.27. The van der Waals surface area contributed by atoms with Crippen molar-refractivity contribution in [2.24, 2.45) is 0 Å². The topological polar surface area (TPSA) is 20.3 Å². The lowest BCUT2D eigenvalue weighted by molar-refractivity contribution is 0.0879. The second-order valence-electron chi connectivity index (χ2n) is 4.64. The van der Waals surface area contributed by atoms with Crippen molar-refractivity contribution in [3.05, 3.63) is 57.2 Å². The molecule has 1 atom stereocenters. The second kappa shape index (κ2) is 6.33. The smallest absolute Gasteiger partial charge is 0.190 e. The van der Waals surface area contributed by atoms with E-state index in [1.54, 1.807) is 12.1 Å². The molecule has 100 valence electrons. The van der Waals surface area contributed by atoms with Crippen LogP contribution in [0, 0.1) is 0 Å². The molecule has 4 heteroatoms. The highest BCUT2D eigenvalue weighted by molar-refractivity contribution is 7.18. The van der Waals surface area contributed by atoms with E-state index in [-0.39, 0.29) is 11.8 Å². The first kappa shape index (κ1) is 14.3. The Labute approximate surface area is 122 Å². The number of hydrogen-bond acceptors (Lipinski definition) is 3. The third-order valence-electron chi connectivity index (χ3n) is 3.01. The Balaban J connectivity index is 2.19. The predicted molar refractivity (Wildman–Crippen MR) is 81.3 cm³/mol. The molecule has 0 aliphatic carbocycles. The van der Waals surface area contributed by atoms with E-state index in [4.69, 9.17) is 11.6 Å². The van der Waals surface area contributed by atoms with Crippen molar-refractivity contribution in [2.45, 2.75) is 12.5 Å². The van der Waals surface area contributed by atoms with Gasteiger partial charge in [0.1, 0.15) is 0 Å². The van der Waals surface area contributed by atoms with Gasteiger partial charge in [0.25, 0.3) is 0 Å². The SMILES string of the molecule is CN(C)C(Cc1ccccc1)C(=O)c1ccc(Cl)s1. The van der Waals surface area contributed by atoms with Crippen molar-refractivity contribution in [1.82, 2.24) is 4.90 Å². The molecule has 1 unspecified atom stereocenters. The van der Waals surface area contributed by atoms with Crippen molar-refractivity contribution in [1.29, 1.82) is 0 Å². The fraction of sp³-hybridized carbons (Fsp3) is 0.267. The van der Waals surface area contributed by atoms with E-state index < -0.39 is 0 Å². The summed E-state index contributed by atoms with van der Waals surface area (Å²) < 4.78 is 0.653. The summed E-state index contributed by atoms with van der Waals surface area (Å²) >= 11 is 7.24. The first-order valence-electron chi connectivity index (χ1n) is 6.08. The van der Waals surface area contributed by atoms with Crippen LogP contribution in [-0.2, 0) is 6.42 Å². The summed E-state index contributed by atoms with van der Waals surface area (Å²) in [6.45, 7) is 0. The molecule has 0 bridgehead atoms. The van der Waals surface area contributed by atoms with Gasteiger partial charge in [-0.1, -0.05) is 41.9 Å². The van der Waals surface area contributed by atoms with Crippen LogP contribution in [0.15, 0.2) is 42.5 Å². The van der Waals surface area contributed by atoms with Gasteiger partial charge >= 0.3 is 0 Å². The quantitative estimate of drug-likeness (QED) is 0.783. The average molecular weight is 294 g/mol. The van der Waals surface area contributed by atoms with E-state index in [2.05, 4.69) is 0 Å². The van der Waals surface area contributed by atoms with E-state index in [0.29, 0.717) is 10.8 Å². The number of carbonyl (C=O) groups excluding carboxylic acids is 1. The molecule has 1 aromatic carbocycles. The van der Waals surface area contributed by atoms with Crippen LogP contribution in [0.4, 0.5) is 0 Å². The van der Waals surface area contributed by atoms with Gasteiger partial charge in [0.15, 0.2) is 5.78 Å². The summed E-state index contributed by atoms with van der Waals surface area (Å²) in [5, 5.41) is 0. The van der Waals surface area contributed by atoms with Crippen LogP contribution < -0.4 is 0 Å². The summed E-state index contributed by atoms with van der Waals surface area (Å²) in [7, 11) is 3.86. The highest BCUT2D eigenvalue weighted by atomic mass is 35.5. The molecule has 0 saturated heterocycles. The molecule has 0 aliphatic heterocycles. The third kappa shape index (κ3) is 3.66. The lowest BCUT2D eigenvalue weighted by Crippen LogP contribution is -2.37. The summed E-state index contributed by atoms with van der Waals surface area (Å²) in [6, 6.07) is 13.5. The summed E-state index contributed by atoms with van der Waals surface area (Å²) in [5.41, 5.74) is 1.16. The van der Waals surface area contributed by atoms with E-state index in [1.807, 2.05) is 49.3 Å². The van der Waals surface area contributed by atoms with E-state index in [0.717, 1.165) is 10.4 Å². The maximum atomic E-state index is 12.5. The van der Waals surface area contributed by atoms with Gasteiger partial charge in [0.05, 0.1) is 15.3 Å². The lowest BCUT2D eigenvalue weighted by Gasteiger charge is -2.22. The van der Waals surface area contributed by atoms with Gasteiger partial charge in [-0.15, -0.1) is 11.3 Å². The third-order valence-corrected chi connectivity index (χ3v) is 4.26. The fourth-order valence-electron chi connectivity index (χ4n) is 1.96. The van der Waals surface area contributed by atoms with Crippen molar-refractivity contribution >= 4 is 28.7 Å². The van der Waals surface area contributed by atoms with Crippen LogP contribution >= 0.6 is 22.9 Å². The number of carbonyl (C=O) groups is 1. The van der Waals surface area contributed by atoms with Gasteiger partial charge in [-0.2, -0.15) is 0 Å². The van der Waals surface area contributed by atoms with Gasteiger partial charge < -0.3 is 0 Å². The number of rotatable bonds is 5. The highest BCUT2D eigenvalue weighted by Crippen LogP contribution is 2.24. The van der Waals surface area contributed by atoms with Crippen molar-refractivity contribution < 1.29 is 4.79 Å². The second-order valence-corrected chi connectivity index (χ2v) is 6.35. The normalized spacial score (nSPS) is 12.6. The standard InChI is InChI=1S/C15H16ClNOS/c1-17(2)12(10-11-6-4-3-5-7-11)15(18)13-8-9-14(16)19-13/h3-9,12H,10H2,1-2H3. The molecule has 1 heterocycles. The van der Waals surface area contributed by atoms with Crippen molar-refractivity contribution in [2.75, 3.05) is 14.1 Å². The molecule has 0 aliphatic rings. The molecular weight excluding hydrogens is 278 g/mol. The molecule has 0 radical (unpaired) electrons. The van der Waals surface area contributed by atoms with E-state index >= 15 is 0 Å². The van der Waals surface area contributed by atoms with Crippen LogP contribution in [0.3, 0.4) is 0 Å². The fourth-order valence-corrected chi connectivity index (χ4v) is 2.99. The Morgan fingerprint density at radius 2 is 1.89 bits per heavy atom. The minimum Gasteiger partial charge on any atom is -0.299 e. The number of Topliss-reactive ketones (excluding diaryl/α,β-unsaturated/α-hetero) is 1. The molecule has 0 N–H and O–H groups in total. The van der Waals surface area contributed by atoms with E-state index in [1.165, 1.54) is 11.3 Å².